The van der Waals surface area contributed by atoms with Crippen LogP contribution < -0.4 is 5.73 Å². The van der Waals surface area contributed by atoms with Crippen LogP contribution in [-0.4, -0.2) is 50.2 Å². The molecule has 0 spiro atoms. The molecule has 2 amide bonds. The first-order chi connectivity index (χ1) is 15.1. The summed E-state index contributed by atoms with van der Waals surface area (Å²) in [6, 6.07) is 19.0. The van der Waals surface area contributed by atoms with Crippen molar-refractivity contribution >= 4 is 23.6 Å². The summed E-state index contributed by atoms with van der Waals surface area (Å²) in [7, 11) is 0. The fourth-order valence-electron chi connectivity index (χ4n) is 3.70. The number of piperidine rings is 1. The fourth-order valence-corrected chi connectivity index (χ4v) is 4.37. The number of likely N-dealkylation sites (tertiary alicyclic amines) is 1. The lowest BCUT2D eigenvalue weighted by Gasteiger charge is -2.33. The highest BCUT2D eigenvalue weighted by atomic mass is 32.2. The molecule has 4 rings (SSSR count). The Morgan fingerprint density at radius 1 is 0.935 bits per heavy atom. The highest BCUT2D eigenvalue weighted by Gasteiger charge is 2.30. The number of amides is 2. The van der Waals surface area contributed by atoms with Crippen LogP contribution in [0.2, 0.25) is 0 Å². The average molecular weight is 434 g/mol. The van der Waals surface area contributed by atoms with E-state index in [0.29, 0.717) is 29.5 Å². The first-order valence-electron chi connectivity index (χ1n) is 10.2. The van der Waals surface area contributed by atoms with Crippen LogP contribution in [0.4, 0.5) is 0 Å². The number of benzene rings is 2. The Morgan fingerprint density at radius 3 is 2.23 bits per heavy atom. The number of hydrogen-bond donors (Lipinski definition) is 1. The molecule has 1 aromatic heterocycles. The summed E-state index contributed by atoms with van der Waals surface area (Å²) in [4.78, 5) is 30.8. The van der Waals surface area contributed by atoms with Crippen LogP contribution in [0.1, 0.15) is 19.3 Å². The van der Waals surface area contributed by atoms with Gasteiger partial charge >= 0.3 is 0 Å². The van der Waals surface area contributed by atoms with Crippen LogP contribution in [0.25, 0.3) is 22.5 Å². The predicted molar refractivity (Wildman–Crippen MR) is 120 cm³/mol. The molecular formula is C23H23N5O2S. The van der Waals surface area contributed by atoms with Crippen molar-refractivity contribution in [3.8, 4) is 22.5 Å². The van der Waals surface area contributed by atoms with Gasteiger partial charge in [0.25, 0.3) is 0 Å². The van der Waals surface area contributed by atoms with Gasteiger partial charge in [0.15, 0.2) is 0 Å². The molecule has 1 aliphatic heterocycles. The van der Waals surface area contributed by atoms with Gasteiger partial charge in [0.05, 0.1) is 5.75 Å². The molecule has 0 bridgehead atoms. The number of primary amides is 1. The molecule has 2 aromatic carbocycles. The number of hydrogen-bond acceptors (Lipinski definition) is 6. The standard InChI is InChI=1S/C23H23N5O2S/c24-22(30)18-13-7-8-14-28(18)19(29)15-31-23-25-20(16-9-3-1-4-10-16)21(26-27-23)17-11-5-2-6-12-17/h1-6,9-12,18H,7-8,13-15H2,(H2,24,30)/t18-/m0/s1. The zero-order valence-electron chi connectivity index (χ0n) is 17.0. The van der Waals surface area contributed by atoms with Gasteiger partial charge in [-0.05, 0) is 19.3 Å². The lowest BCUT2D eigenvalue weighted by atomic mass is 10.0. The Balaban J connectivity index is 1.57. The summed E-state index contributed by atoms with van der Waals surface area (Å²) in [6.45, 7) is 0.550. The van der Waals surface area contributed by atoms with Crippen LogP contribution in [0.15, 0.2) is 65.8 Å². The number of nitrogens with two attached hydrogens (primary N) is 1. The minimum absolute atomic E-state index is 0.129. The van der Waals surface area contributed by atoms with Gasteiger partial charge in [0, 0.05) is 17.7 Å². The van der Waals surface area contributed by atoms with Crippen LogP contribution in [0.5, 0.6) is 0 Å². The average Bonchev–Trinajstić information content (AvgIpc) is 2.83. The number of carbonyl (C=O) groups excluding carboxylic acids is 2. The molecule has 0 aliphatic carbocycles. The van der Waals surface area contributed by atoms with Crippen molar-refractivity contribution < 1.29 is 9.59 Å². The van der Waals surface area contributed by atoms with E-state index in [1.54, 1.807) is 4.90 Å². The van der Waals surface area contributed by atoms with Gasteiger partial charge in [-0.1, -0.05) is 72.4 Å². The number of thioether (sulfide) groups is 1. The van der Waals surface area contributed by atoms with E-state index in [4.69, 9.17) is 10.7 Å². The molecule has 7 nitrogen and oxygen atoms in total. The van der Waals surface area contributed by atoms with E-state index in [-0.39, 0.29) is 11.7 Å². The van der Waals surface area contributed by atoms with E-state index in [1.165, 1.54) is 11.8 Å². The largest absolute Gasteiger partial charge is 0.368 e. The molecule has 158 valence electrons. The van der Waals surface area contributed by atoms with Gasteiger partial charge in [0.1, 0.15) is 17.4 Å². The summed E-state index contributed by atoms with van der Waals surface area (Å²) in [5.41, 5.74) is 8.73. The molecular weight excluding hydrogens is 410 g/mol. The SMILES string of the molecule is NC(=O)[C@@H]1CCCCN1C(=O)CSc1nnc(-c2ccccc2)c(-c2ccccc2)n1. The van der Waals surface area contributed by atoms with Gasteiger partial charge in [-0.2, -0.15) is 0 Å². The molecule has 3 aromatic rings. The van der Waals surface area contributed by atoms with Crippen molar-refractivity contribution in [1.29, 1.82) is 0 Å². The lowest BCUT2D eigenvalue weighted by molar-refractivity contribution is -0.138. The van der Waals surface area contributed by atoms with Gasteiger partial charge in [-0.15, -0.1) is 10.2 Å². The lowest BCUT2D eigenvalue weighted by Crippen LogP contribution is -2.51. The van der Waals surface area contributed by atoms with E-state index < -0.39 is 11.9 Å². The van der Waals surface area contributed by atoms with Gasteiger partial charge in [-0.3, -0.25) is 9.59 Å². The Kier molecular flexibility index (Phi) is 6.57. The topological polar surface area (TPSA) is 102 Å². The summed E-state index contributed by atoms with van der Waals surface area (Å²) in [6.07, 6.45) is 2.40. The minimum atomic E-state index is -0.527. The van der Waals surface area contributed by atoms with E-state index in [9.17, 15) is 9.59 Å². The van der Waals surface area contributed by atoms with E-state index >= 15 is 0 Å². The number of nitrogens with zero attached hydrogens (tertiary/aromatic N) is 4. The van der Waals surface area contributed by atoms with Gasteiger partial charge < -0.3 is 10.6 Å². The molecule has 8 heteroatoms. The number of rotatable bonds is 6. The smallest absolute Gasteiger partial charge is 0.240 e. The molecule has 1 fully saturated rings. The van der Waals surface area contributed by atoms with Crippen molar-refractivity contribution in [1.82, 2.24) is 20.1 Å². The summed E-state index contributed by atoms with van der Waals surface area (Å²) < 4.78 is 0. The van der Waals surface area contributed by atoms with Crippen molar-refractivity contribution in [2.45, 2.75) is 30.5 Å². The first-order valence-corrected chi connectivity index (χ1v) is 11.2. The third-order valence-electron chi connectivity index (χ3n) is 5.24. The maximum atomic E-state index is 12.8. The summed E-state index contributed by atoms with van der Waals surface area (Å²) >= 11 is 1.22. The van der Waals surface area contributed by atoms with Gasteiger partial charge in [0.2, 0.25) is 17.0 Å². The van der Waals surface area contributed by atoms with Crippen molar-refractivity contribution in [2.75, 3.05) is 12.3 Å². The number of carbonyl (C=O) groups is 2. The molecule has 0 saturated carbocycles. The fraction of sp³-hybridized carbons (Fsp3) is 0.261. The Labute approximate surface area is 185 Å². The molecule has 1 saturated heterocycles. The third kappa shape index (κ3) is 4.91. The van der Waals surface area contributed by atoms with Crippen molar-refractivity contribution in [3.05, 3.63) is 60.7 Å². The van der Waals surface area contributed by atoms with Gasteiger partial charge in [-0.25, -0.2) is 4.98 Å². The predicted octanol–water partition coefficient (Wildman–Crippen LogP) is 3.16. The monoisotopic (exact) mass is 433 g/mol. The first kappa shape index (κ1) is 21.0. The van der Waals surface area contributed by atoms with E-state index in [2.05, 4.69) is 10.2 Å². The molecule has 1 aliphatic rings. The third-order valence-corrected chi connectivity index (χ3v) is 6.06. The Bertz CT molecular complexity index is 1060. The second-order valence-corrected chi connectivity index (χ2v) is 8.26. The summed E-state index contributed by atoms with van der Waals surface area (Å²) in [5.74, 6) is -0.454. The Hall–Kier alpha value is -3.26. The number of aromatic nitrogens is 3. The molecule has 0 radical (unpaired) electrons. The van der Waals surface area contributed by atoms with Crippen LogP contribution in [0.3, 0.4) is 0 Å². The molecule has 0 unspecified atom stereocenters. The highest BCUT2D eigenvalue weighted by molar-refractivity contribution is 7.99. The van der Waals surface area contributed by atoms with Crippen molar-refractivity contribution in [3.63, 3.8) is 0 Å². The van der Waals surface area contributed by atoms with Crippen molar-refractivity contribution in [2.24, 2.45) is 5.73 Å². The zero-order valence-corrected chi connectivity index (χ0v) is 17.8. The molecule has 2 N–H and O–H groups in total. The van der Waals surface area contributed by atoms with Crippen LogP contribution >= 0.6 is 11.8 Å². The normalized spacial score (nSPS) is 16.1. The molecule has 1 atom stereocenters. The second-order valence-electron chi connectivity index (χ2n) is 7.31. The van der Waals surface area contributed by atoms with Crippen LogP contribution in [-0.2, 0) is 9.59 Å². The van der Waals surface area contributed by atoms with Crippen LogP contribution in [0, 0.1) is 0 Å². The molecule has 2 heterocycles. The maximum Gasteiger partial charge on any atom is 0.240 e. The highest BCUT2D eigenvalue weighted by Crippen LogP contribution is 2.30. The van der Waals surface area contributed by atoms with E-state index in [0.717, 1.165) is 24.0 Å². The second kappa shape index (κ2) is 9.70. The Morgan fingerprint density at radius 2 is 1.58 bits per heavy atom. The zero-order chi connectivity index (χ0) is 21.6. The quantitative estimate of drug-likeness (QED) is 0.599. The maximum absolute atomic E-state index is 12.8. The van der Waals surface area contributed by atoms with E-state index in [1.807, 2.05) is 60.7 Å². The molecule has 31 heavy (non-hydrogen) atoms. The summed E-state index contributed by atoms with van der Waals surface area (Å²) in [5, 5.41) is 9.09. The minimum Gasteiger partial charge on any atom is -0.368 e.